The largest absolute Gasteiger partial charge is 0.352 e. The van der Waals surface area contributed by atoms with E-state index >= 15 is 0 Å². The Morgan fingerprint density at radius 1 is 1.14 bits per heavy atom. The Bertz CT molecular complexity index is 823. The molecular weight excluding hydrogens is 258 g/mol. The Labute approximate surface area is 125 Å². The van der Waals surface area contributed by atoms with E-state index in [0.717, 1.165) is 10.6 Å². The molecule has 2 heterocycles. The predicted octanol–water partition coefficient (Wildman–Crippen LogP) is 2.18. The lowest BCUT2D eigenvalue weighted by molar-refractivity contribution is 0.224. The van der Waals surface area contributed by atoms with Gasteiger partial charge in [-0.05, 0) is 44.9 Å². The highest BCUT2D eigenvalue weighted by molar-refractivity contribution is 5.43. The van der Waals surface area contributed by atoms with Crippen LogP contribution >= 0.6 is 0 Å². The summed E-state index contributed by atoms with van der Waals surface area (Å²) in [5.74, 6) is 0. The molecule has 1 atom stereocenters. The van der Waals surface area contributed by atoms with Crippen molar-refractivity contribution in [2.24, 2.45) is 4.99 Å². The van der Waals surface area contributed by atoms with Gasteiger partial charge >= 0.3 is 0 Å². The number of rotatable bonds is 1. The van der Waals surface area contributed by atoms with Gasteiger partial charge in [0.05, 0.1) is 5.36 Å². The zero-order chi connectivity index (χ0) is 15.2. The molecule has 3 heteroatoms. The molecule has 0 N–H and O–H groups in total. The number of fused-ring (bicyclic) bond motifs is 1. The average molecular weight is 279 g/mol. The fraction of sp³-hybridized carbons (Fsp3) is 0.333. The number of pyridine rings is 1. The van der Waals surface area contributed by atoms with E-state index in [1.54, 1.807) is 6.20 Å². The molecule has 3 rings (SSSR count). The summed E-state index contributed by atoms with van der Waals surface area (Å²) in [6.07, 6.45) is 5.80. The summed E-state index contributed by atoms with van der Waals surface area (Å²) in [6, 6.07) is 6.46. The van der Waals surface area contributed by atoms with Crippen molar-refractivity contribution in [3.05, 3.63) is 63.4 Å². The second-order valence-electron chi connectivity index (χ2n) is 6.06. The molecule has 0 fully saturated rings. The molecule has 0 amide bonds. The molecule has 1 aliphatic rings. The highest BCUT2D eigenvalue weighted by Crippen LogP contribution is 2.33. The summed E-state index contributed by atoms with van der Waals surface area (Å²) in [5.41, 5.74) is 4.79. The first kappa shape index (κ1) is 13.8. The summed E-state index contributed by atoms with van der Waals surface area (Å²) >= 11 is 0. The molecule has 0 spiro atoms. The van der Waals surface area contributed by atoms with Crippen molar-refractivity contribution < 1.29 is 0 Å². The van der Waals surface area contributed by atoms with Crippen LogP contribution in [-0.4, -0.2) is 16.9 Å². The van der Waals surface area contributed by atoms with Crippen LogP contribution in [0.2, 0.25) is 0 Å². The molecule has 0 aliphatic carbocycles. The van der Waals surface area contributed by atoms with Gasteiger partial charge in [-0.3, -0.25) is 9.98 Å². The Morgan fingerprint density at radius 3 is 2.67 bits per heavy atom. The molecule has 108 valence electrons. The molecule has 21 heavy (non-hydrogen) atoms. The van der Waals surface area contributed by atoms with Crippen LogP contribution in [0, 0.1) is 20.8 Å². The van der Waals surface area contributed by atoms with Crippen LogP contribution in [-0.2, 0) is 5.66 Å². The Kier molecular flexibility index (Phi) is 3.08. The maximum atomic E-state index is 5.03. The Hall–Kier alpha value is -2.16. The van der Waals surface area contributed by atoms with E-state index in [1.807, 2.05) is 12.3 Å². The summed E-state index contributed by atoms with van der Waals surface area (Å²) < 4.78 is 0. The van der Waals surface area contributed by atoms with Gasteiger partial charge in [-0.1, -0.05) is 17.7 Å². The Morgan fingerprint density at radius 2 is 1.90 bits per heavy atom. The van der Waals surface area contributed by atoms with Crippen molar-refractivity contribution in [3.8, 4) is 0 Å². The quantitative estimate of drug-likeness (QED) is 0.800. The fourth-order valence-corrected chi connectivity index (χ4v) is 3.03. The van der Waals surface area contributed by atoms with E-state index in [0.29, 0.717) is 0 Å². The van der Waals surface area contributed by atoms with Gasteiger partial charge in [0.25, 0.3) is 0 Å². The van der Waals surface area contributed by atoms with Crippen molar-refractivity contribution in [2.75, 3.05) is 7.05 Å². The minimum atomic E-state index is -0.380. The number of aryl methyl sites for hydroxylation is 2. The summed E-state index contributed by atoms with van der Waals surface area (Å²) in [7, 11) is 2.08. The van der Waals surface area contributed by atoms with Crippen molar-refractivity contribution in [3.63, 3.8) is 0 Å². The van der Waals surface area contributed by atoms with Crippen molar-refractivity contribution in [1.82, 2.24) is 9.88 Å². The van der Waals surface area contributed by atoms with E-state index in [1.165, 1.54) is 22.3 Å². The second kappa shape index (κ2) is 4.69. The number of hydrogen-bond acceptors (Lipinski definition) is 3. The van der Waals surface area contributed by atoms with Gasteiger partial charge < -0.3 is 4.90 Å². The third-order valence-electron chi connectivity index (χ3n) is 4.51. The lowest BCUT2D eigenvalue weighted by atomic mass is 9.90. The predicted molar refractivity (Wildman–Crippen MR) is 85.3 cm³/mol. The van der Waals surface area contributed by atoms with E-state index in [9.17, 15) is 0 Å². The maximum absolute atomic E-state index is 5.03. The van der Waals surface area contributed by atoms with Gasteiger partial charge in [-0.2, -0.15) is 0 Å². The van der Waals surface area contributed by atoms with E-state index < -0.39 is 0 Å². The highest BCUT2D eigenvalue weighted by Gasteiger charge is 2.32. The zero-order valence-corrected chi connectivity index (χ0v) is 13.3. The van der Waals surface area contributed by atoms with Crippen LogP contribution in [0.5, 0.6) is 0 Å². The van der Waals surface area contributed by atoms with Crippen LogP contribution in [0.15, 0.2) is 35.6 Å². The summed E-state index contributed by atoms with van der Waals surface area (Å²) in [5, 5.41) is 2.07. The van der Waals surface area contributed by atoms with Gasteiger partial charge in [0.2, 0.25) is 0 Å². The topological polar surface area (TPSA) is 28.5 Å². The third kappa shape index (κ3) is 2.13. The first-order chi connectivity index (χ1) is 9.91. The van der Waals surface area contributed by atoms with Crippen molar-refractivity contribution >= 4 is 6.20 Å². The van der Waals surface area contributed by atoms with Gasteiger partial charge in [0, 0.05) is 36.4 Å². The lowest BCUT2D eigenvalue weighted by Crippen LogP contribution is -2.46. The number of hydrogen-bond donors (Lipinski definition) is 0. The number of benzene rings is 1. The first-order valence-electron chi connectivity index (χ1n) is 7.25. The van der Waals surface area contributed by atoms with E-state index in [4.69, 9.17) is 4.99 Å². The second-order valence-corrected chi connectivity index (χ2v) is 6.06. The number of aromatic nitrogens is 1. The molecule has 0 radical (unpaired) electrons. The first-order valence-corrected chi connectivity index (χ1v) is 7.25. The normalized spacial score (nSPS) is 20.5. The minimum Gasteiger partial charge on any atom is -0.352 e. The van der Waals surface area contributed by atoms with Crippen LogP contribution in [0.25, 0.3) is 6.20 Å². The van der Waals surface area contributed by atoms with Crippen molar-refractivity contribution in [2.45, 2.75) is 33.4 Å². The smallest absolute Gasteiger partial charge is 0.155 e. The molecule has 0 bridgehead atoms. The molecule has 3 nitrogen and oxygen atoms in total. The minimum absolute atomic E-state index is 0.380. The SMILES string of the molecule is Cc1cc(C)c(C)c(C2(C)N=c3ccncc3=CN2C)c1. The molecule has 1 aromatic heterocycles. The molecule has 0 saturated heterocycles. The summed E-state index contributed by atoms with van der Waals surface area (Å²) in [6.45, 7) is 8.66. The standard InChI is InChI=1S/C18H21N3/c1-12-8-13(2)14(3)16(9-12)18(4)20-17-6-7-19-10-15(17)11-21(18)5/h6-11H,1-5H3. The van der Waals surface area contributed by atoms with Gasteiger partial charge in [0.1, 0.15) is 0 Å². The average Bonchev–Trinajstić information content (AvgIpc) is 2.44. The van der Waals surface area contributed by atoms with E-state index in [2.05, 4.69) is 63.0 Å². The fourth-order valence-electron chi connectivity index (χ4n) is 3.03. The van der Waals surface area contributed by atoms with Gasteiger partial charge in [0.15, 0.2) is 5.66 Å². The molecule has 0 saturated carbocycles. The molecule has 1 aromatic carbocycles. The van der Waals surface area contributed by atoms with Crippen LogP contribution in [0.1, 0.15) is 29.2 Å². The lowest BCUT2D eigenvalue weighted by Gasteiger charge is -2.38. The molecule has 1 aliphatic heterocycles. The number of nitrogens with zero attached hydrogens (tertiary/aromatic N) is 3. The molecule has 1 unspecified atom stereocenters. The van der Waals surface area contributed by atoms with Crippen LogP contribution < -0.4 is 10.6 Å². The molecule has 2 aromatic rings. The van der Waals surface area contributed by atoms with Gasteiger partial charge in [-0.25, -0.2) is 0 Å². The zero-order valence-electron chi connectivity index (χ0n) is 13.3. The highest BCUT2D eigenvalue weighted by atomic mass is 15.3. The van der Waals surface area contributed by atoms with Crippen LogP contribution in [0.4, 0.5) is 0 Å². The van der Waals surface area contributed by atoms with E-state index in [-0.39, 0.29) is 5.66 Å². The van der Waals surface area contributed by atoms with Gasteiger partial charge in [-0.15, -0.1) is 0 Å². The monoisotopic (exact) mass is 279 g/mol. The maximum Gasteiger partial charge on any atom is 0.155 e. The van der Waals surface area contributed by atoms with Crippen molar-refractivity contribution in [1.29, 1.82) is 0 Å². The molecular formula is C18H21N3. The Balaban J connectivity index is 2.30. The van der Waals surface area contributed by atoms with Crippen LogP contribution in [0.3, 0.4) is 0 Å². The summed E-state index contributed by atoms with van der Waals surface area (Å²) in [4.78, 5) is 11.4. The third-order valence-corrected chi connectivity index (χ3v) is 4.51.